The smallest absolute Gasteiger partial charge is 0.222 e. The van der Waals surface area contributed by atoms with Crippen LogP contribution in [0, 0.1) is 0 Å². The number of carbonyl (C=O) groups excluding carboxylic acids is 1. The van der Waals surface area contributed by atoms with Gasteiger partial charge in [0.2, 0.25) is 5.91 Å². The topological polar surface area (TPSA) is 56.2 Å². The molecule has 0 radical (unpaired) electrons. The molecule has 1 aromatic rings. The van der Waals surface area contributed by atoms with Crippen molar-refractivity contribution in [3.05, 3.63) is 24.3 Å². The highest BCUT2D eigenvalue weighted by molar-refractivity contribution is 5.78. The minimum atomic E-state index is -0.468. The zero-order valence-electron chi connectivity index (χ0n) is 14.4. The summed E-state index contributed by atoms with van der Waals surface area (Å²) in [7, 11) is 1.70. The zero-order valence-corrected chi connectivity index (χ0v) is 14.4. The van der Waals surface area contributed by atoms with E-state index in [1.165, 1.54) is 0 Å². The molecule has 1 aromatic carbocycles. The number of ether oxygens (including phenoxy) is 1. The fourth-order valence-corrected chi connectivity index (χ4v) is 3.57. The first-order valence-corrected chi connectivity index (χ1v) is 8.73. The molecule has 0 aliphatic carbocycles. The Labute approximate surface area is 143 Å². The molecule has 0 saturated carbocycles. The number of β-amino-alcohol motifs (C(OH)–C–C–N with tert-alkyl or cyclic N) is 1. The summed E-state index contributed by atoms with van der Waals surface area (Å²) in [6.45, 7) is 5.52. The number of anilines is 1. The van der Waals surface area contributed by atoms with Crippen molar-refractivity contribution in [3.8, 4) is 5.75 Å². The van der Waals surface area contributed by atoms with Gasteiger partial charge in [0, 0.05) is 52.2 Å². The standard InChI is InChI=1S/C18H27N3O3/c1-24-17-6-3-2-5-16(17)20-11-9-19(10-12-20)13-15(22)14-21-8-4-7-18(21)23/h2-3,5-6,15,22H,4,7-14H2,1H3/t15-/m1/s1. The normalized spacial score (nSPS) is 20.5. The van der Waals surface area contributed by atoms with Crippen molar-refractivity contribution >= 4 is 11.6 Å². The SMILES string of the molecule is COc1ccccc1N1CCN(C[C@@H](O)CN2CCCC2=O)CC1. The average Bonchev–Trinajstić information content (AvgIpc) is 3.00. The molecule has 0 bridgehead atoms. The Bertz CT molecular complexity index is 558. The summed E-state index contributed by atoms with van der Waals surface area (Å²) >= 11 is 0. The van der Waals surface area contributed by atoms with Crippen LogP contribution in [0.15, 0.2) is 24.3 Å². The number of nitrogens with zero attached hydrogens (tertiary/aromatic N) is 3. The molecule has 2 aliphatic rings. The second-order valence-corrected chi connectivity index (χ2v) is 6.56. The number of benzene rings is 1. The highest BCUT2D eigenvalue weighted by atomic mass is 16.5. The highest BCUT2D eigenvalue weighted by Crippen LogP contribution is 2.28. The van der Waals surface area contributed by atoms with Gasteiger partial charge in [0.25, 0.3) is 0 Å². The van der Waals surface area contributed by atoms with Crippen LogP contribution in [0.5, 0.6) is 5.75 Å². The Balaban J connectivity index is 1.47. The van der Waals surface area contributed by atoms with E-state index in [4.69, 9.17) is 4.74 Å². The van der Waals surface area contributed by atoms with Crippen LogP contribution in [-0.4, -0.2) is 79.8 Å². The summed E-state index contributed by atoms with van der Waals surface area (Å²) in [4.78, 5) is 18.0. The van der Waals surface area contributed by atoms with Gasteiger partial charge in [-0.15, -0.1) is 0 Å². The van der Waals surface area contributed by atoms with E-state index in [9.17, 15) is 9.90 Å². The van der Waals surface area contributed by atoms with Gasteiger partial charge in [0.1, 0.15) is 5.75 Å². The van der Waals surface area contributed by atoms with E-state index < -0.39 is 6.10 Å². The van der Waals surface area contributed by atoms with Crippen molar-refractivity contribution in [2.24, 2.45) is 0 Å². The summed E-state index contributed by atoms with van der Waals surface area (Å²) in [6.07, 6.45) is 1.08. The third-order valence-corrected chi connectivity index (χ3v) is 4.87. The fourth-order valence-electron chi connectivity index (χ4n) is 3.57. The molecule has 2 fully saturated rings. The molecule has 2 aliphatic heterocycles. The van der Waals surface area contributed by atoms with E-state index in [1.54, 1.807) is 12.0 Å². The van der Waals surface area contributed by atoms with E-state index in [2.05, 4.69) is 15.9 Å². The van der Waals surface area contributed by atoms with Crippen LogP contribution < -0.4 is 9.64 Å². The van der Waals surface area contributed by atoms with Crippen LogP contribution in [0.2, 0.25) is 0 Å². The summed E-state index contributed by atoms with van der Waals surface area (Å²) in [5, 5.41) is 10.3. The number of piperazine rings is 1. The molecule has 3 rings (SSSR count). The number of aliphatic hydroxyl groups is 1. The second-order valence-electron chi connectivity index (χ2n) is 6.56. The number of likely N-dealkylation sites (tertiary alicyclic amines) is 1. The Morgan fingerprint density at radius 1 is 1.12 bits per heavy atom. The summed E-state index contributed by atoms with van der Waals surface area (Å²) < 4.78 is 5.44. The van der Waals surface area contributed by atoms with Crippen LogP contribution in [0.4, 0.5) is 5.69 Å². The molecule has 1 amide bonds. The molecule has 24 heavy (non-hydrogen) atoms. The summed E-state index contributed by atoms with van der Waals surface area (Å²) in [6, 6.07) is 8.08. The Kier molecular flexibility index (Phi) is 5.58. The van der Waals surface area contributed by atoms with Gasteiger partial charge < -0.3 is 19.6 Å². The highest BCUT2D eigenvalue weighted by Gasteiger charge is 2.25. The Hall–Kier alpha value is -1.79. The largest absolute Gasteiger partial charge is 0.495 e. The van der Waals surface area contributed by atoms with Gasteiger partial charge >= 0.3 is 0 Å². The number of aliphatic hydroxyl groups excluding tert-OH is 1. The maximum absolute atomic E-state index is 11.6. The van der Waals surface area contributed by atoms with Gasteiger partial charge in [-0.1, -0.05) is 12.1 Å². The van der Waals surface area contributed by atoms with Gasteiger partial charge in [0.05, 0.1) is 18.9 Å². The van der Waals surface area contributed by atoms with Crippen molar-refractivity contribution in [2.75, 3.05) is 57.8 Å². The molecule has 0 aromatic heterocycles. The quantitative estimate of drug-likeness (QED) is 0.835. The van der Waals surface area contributed by atoms with Gasteiger partial charge in [0.15, 0.2) is 0 Å². The molecule has 2 saturated heterocycles. The van der Waals surface area contributed by atoms with E-state index >= 15 is 0 Å². The second kappa shape index (κ2) is 7.85. The molecule has 6 heteroatoms. The molecule has 0 unspecified atom stereocenters. The average molecular weight is 333 g/mol. The number of amides is 1. The Morgan fingerprint density at radius 2 is 1.88 bits per heavy atom. The maximum atomic E-state index is 11.6. The molecule has 1 atom stereocenters. The number of para-hydroxylation sites is 2. The number of rotatable bonds is 6. The fraction of sp³-hybridized carbons (Fsp3) is 0.611. The first kappa shape index (κ1) is 17.0. The molecule has 132 valence electrons. The third kappa shape index (κ3) is 3.99. The number of hydrogen-bond acceptors (Lipinski definition) is 5. The van der Waals surface area contributed by atoms with Gasteiger partial charge in [-0.05, 0) is 18.6 Å². The van der Waals surface area contributed by atoms with Crippen LogP contribution in [-0.2, 0) is 4.79 Å². The molecule has 6 nitrogen and oxygen atoms in total. The molecule has 1 N–H and O–H groups in total. The minimum absolute atomic E-state index is 0.176. The monoisotopic (exact) mass is 333 g/mol. The summed E-state index contributed by atoms with van der Waals surface area (Å²) in [5.74, 6) is 1.08. The van der Waals surface area contributed by atoms with Gasteiger partial charge in [-0.3, -0.25) is 9.69 Å². The molecular formula is C18H27N3O3. The van der Waals surface area contributed by atoms with E-state index in [-0.39, 0.29) is 5.91 Å². The zero-order chi connectivity index (χ0) is 16.9. The van der Waals surface area contributed by atoms with Crippen LogP contribution in [0.1, 0.15) is 12.8 Å². The third-order valence-electron chi connectivity index (χ3n) is 4.87. The van der Waals surface area contributed by atoms with E-state index in [1.807, 2.05) is 18.2 Å². The van der Waals surface area contributed by atoms with Crippen molar-refractivity contribution in [2.45, 2.75) is 18.9 Å². The van der Waals surface area contributed by atoms with Crippen molar-refractivity contribution < 1.29 is 14.6 Å². The number of methoxy groups -OCH3 is 1. The minimum Gasteiger partial charge on any atom is -0.495 e. The first-order valence-electron chi connectivity index (χ1n) is 8.73. The van der Waals surface area contributed by atoms with E-state index in [0.29, 0.717) is 19.5 Å². The van der Waals surface area contributed by atoms with Crippen LogP contribution >= 0.6 is 0 Å². The van der Waals surface area contributed by atoms with Crippen molar-refractivity contribution in [1.29, 1.82) is 0 Å². The Morgan fingerprint density at radius 3 is 2.54 bits per heavy atom. The first-order chi connectivity index (χ1) is 11.7. The van der Waals surface area contributed by atoms with Gasteiger partial charge in [-0.2, -0.15) is 0 Å². The van der Waals surface area contributed by atoms with E-state index in [0.717, 1.165) is 50.6 Å². The van der Waals surface area contributed by atoms with Crippen LogP contribution in [0.25, 0.3) is 0 Å². The molecule has 0 spiro atoms. The van der Waals surface area contributed by atoms with Crippen molar-refractivity contribution in [1.82, 2.24) is 9.80 Å². The lowest BCUT2D eigenvalue weighted by Gasteiger charge is -2.37. The predicted molar refractivity (Wildman–Crippen MR) is 93.5 cm³/mol. The number of hydrogen-bond donors (Lipinski definition) is 1. The lowest BCUT2D eigenvalue weighted by Crippen LogP contribution is -2.50. The van der Waals surface area contributed by atoms with Crippen LogP contribution in [0.3, 0.4) is 0 Å². The molecule has 2 heterocycles. The lowest BCUT2D eigenvalue weighted by molar-refractivity contribution is -0.129. The van der Waals surface area contributed by atoms with Crippen molar-refractivity contribution in [3.63, 3.8) is 0 Å². The predicted octanol–water partition coefficient (Wildman–Crippen LogP) is 0.800. The van der Waals surface area contributed by atoms with Gasteiger partial charge in [-0.25, -0.2) is 0 Å². The maximum Gasteiger partial charge on any atom is 0.222 e. The summed E-state index contributed by atoms with van der Waals surface area (Å²) in [5.41, 5.74) is 1.13. The lowest BCUT2D eigenvalue weighted by atomic mass is 10.2. The number of carbonyl (C=O) groups is 1. The molecular weight excluding hydrogens is 306 g/mol.